The zero-order valence-electron chi connectivity index (χ0n) is 12.6. The third-order valence-corrected chi connectivity index (χ3v) is 4.07. The van der Waals surface area contributed by atoms with Gasteiger partial charge >= 0.3 is 0 Å². The molecule has 0 saturated carbocycles. The van der Waals surface area contributed by atoms with E-state index in [1.165, 1.54) is 0 Å². The van der Waals surface area contributed by atoms with Crippen molar-refractivity contribution in [1.29, 1.82) is 10.5 Å². The maximum atomic E-state index is 9.50. The first kappa shape index (κ1) is 16.7. The van der Waals surface area contributed by atoms with E-state index in [9.17, 15) is 5.26 Å². The van der Waals surface area contributed by atoms with Crippen molar-refractivity contribution in [2.24, 2.45) is 11.8 Å². The monoisotopic (exact) mass is 332 g/mol. The largest absolute Gasteiger partial charge is 0.198 e. The number of halogens is 1. The van der Waals surface area contributed by atoms with Crippen molar-refractivity contribution in [3.05, 3.63) is 32.8 Å². The standard InChI is InChI=1S/C17H21BrN2/c1-11(2)7-14-9-13(5-6-19)15(8-12(3)4)16(10-20)17(14)18/h9,11-12H,5,7-8H2,1-4H3. The van der Waals surface area contributed by atoms with Crippen molar-refractivity contribution in [3.63, 3.8) is 0 Å². The van der Waals surface area contributed by atoms with Gasteiger partial charge in [-0.1, -0.05) is 33.8 Å². The first-order valence-electron chi connectivity index (χ1n) is 7.00. The molecule has 1 aromatic rings. The summed E-state index contributed by atoms with van der Waals surface area (Å²) in [6.07, 6.45) is 2.12. The molecule has 0 saturated heterocycles. The SMILES string of the molecule is CC(C)Cc1cc(CC#N)c(CC(C)C)c(C#N)c1Br. The second-order valence-corrected chi connectivity index (χ2v) is 6.80. The van der Waals surface area contributed by atoms with Crippen LogP contribution in [0.3, 0.4) is 0 Å². The topological polar surface area (TPSA) is 47.6 Å². The predicted octanol–water partition coefficient (Wildman–Crippen LogP) is 4.78. The van der Waals surface area contributed by atoms with E-state index in [4.69, 9.17) is 5.26 Å². The highest BCUT2D eigenvalue weighted by Crippen LogP contribution is 2.31. The maximum absolute atomic E-state index is 9.50. The number of hydrogen-bond acceptors (Lipinski definition) is 2. The van der Waals surface area contributed by atoms with Crippen LogP contribution in [0.5, 0.6) is 0 Å². The van der Waals surface area contributed by atoms with Gasteiger partial charge < -0.3 is 0 Å². The van der Waals surface area contributed by atoms with Crippen LogP contribution >= 0.6 is 15.9 Å². The van der Waals surface area contributed by atoms with Crippen molar-refractivity contribution in [3.8, 4) is 12.1 Å². The average molecular weight is 333 g/mol. The molecular formula is C17H21BrN2. The highest BCUT2D eigenvalue weighted by Gasteiger charge is 2.17. The van der Waals surface area contributed by atoms with Crippen LogP contribution in [0.1, 0.15) is 49.9 Å². The van der Waals surface area contributed by atoms with E-state index < -0.39 is 0 Å². The van der Waals surface area contributed by atoms with Gasteiger partial charge in [0.05, 0.1) is 18.1 Å². The van der Waals surface area contributed by atoms with Gasteiger partial charge in [0.25, 0.3) is 0 Å². The molecule has 2 nitrogen and oxygen atoms in total. The third-order valence-electron chi connectivity index (χ3n) is 3.16. The van der Waals surface area contributed by atoms with E-state index in [1.54, 1.807) is 0 Å². The minimum Gasteiger partial charge on any atom is -0.198 e. The molecule has 1 rings (SSSR count). The van der Waals surface area contributed by atoms with Crippen LogP contribution in [0, 0.1) is 34.5 Å². The lowest BCUT2D eigenvalue weighted by atomic mass is 9.88. The van der Waals surface area contributed by atoms with Crippen molar-refractivity contribution < 1.29 is 0 Å². The van der Waals surface area contributed by atoms with Gasteiger partial charge in [-0.25, -0.2) is 0 Å². The summed E-state index contributed by atoms with van der Waals surface area (Å²) >= 11 is 3.59. The second-order valence-electron chi connectivity index (χ2n) is 6.00. The summed E-state index contributed by atoms with van der Waals surface area (Å²) < 4.78 is 0.908. The van der Waals surface area contributed by atoms with Crippen LogP contribution in [0.25, 0.3) is 0 Å². The van der Waals surface area contributed by atoms with Crippen molar-refractivity contribution >= 4 is 15.9 Å². The highest BCUT2D eigenvalue weighted by atomic mass is 79.9. The number of hydrogen-bond donors (Lipinski definition) is 0. The molecule has 1 aromatic carbocycles. The van der Waals surface area contributed by atoms with Crippen LogP contribution in [0.4, 0.5) is 0 Å². The summed E-state index contributed by atoms with van der Waals surface area (Å²) in [4.78, 5) is 0. The molecule has 0 bridgehead atoms. The Morgan fingerprint density at radius 3 is 2.10 bits per heavy atom. The van der Waals surface area contributed by atoms with Gasteiger partial charge in [-0.3, -0.25) is 0 Å². The summed E-state index contributed by atoms with van der Waals surface area (Å²) in [6.45, 7) is 8.58. The van der Waals surface area contributed by atoms with E-state index in [-0.39, 0.29) is 0 Å². The van der Waals surface area contributed by atoms with Gasteiger partial charge in [0.2, 0.25) is 0 Å². The lowest BCUT2D eigenvalue weighted by molar-refractivity contribution is 0.634. The summed E-state index contributed by atoms with van der Waals surface area (Å²) in [7, 11) is 0. The van der Waals surface area contributed by atoms with Gasteiger partial charge in [0.15, 0.2) is 0 Å². The Morgan fingerprint density at radius 1 is 1.05 bits per heavy atom. The van der Waals surface area contributed by atoms with E-state index in [1.807, 2.05) is 0 Å². The fourth-order valence-electron chi connectivity index (χ4n) is 2.40. The zero-order valence-corrected chi connectivity index (χ0v) is 14.2. The molecule has 3 heteroatoms. The quantitative estimate of drug-likeness (QED) is 0.778. The number of benzene rings is 1. The Labute approximate surface area is 130 Å². The molecule has 106 valence electrons. The molecular weight excluding hydrogens is 312 g/mol. The lowest BCUT2D eigenvalue weighted by Crippen LogP contribution is -2.07. The molecule has 0 aliphatic carbocycles. The molecule has 0 aliphatic rings. The first-order chi connectivity index (χ1) is 9.40. The minimum atomic E-state index is 0.370. The van der Waals surface area contributed by atoms with Crippen LogP contribution in [-0.4, -0.2) is 0 Å². The van der Waals surface area contributed by atoms with Crippen molar-refractivity contribution in [2.45, 2.75) is 47.0 Å². The van der Waals surface area contributed by atoms with Crippen LogP contribution < -0.4 is 0 Å². The molecule has 0 spiro atoms. The van der Waals surface area contributed by atoms with E-state index >= 15 is 0 Å². The molecule has 0 amide bonds. The molecule has 0 aliphatic heterocycles. The number of rotatable bonds is 5. The highest BCUT2D eigenvalue weighted by molar-refractivity contribution is 9.10. The second kappa shape index (κ2) is 7.46. The smallest absolute Gasteiger partial charge is 0.101 e. The maximum Gasteiger partial charge on any atom is 0.101 e. The van der Waals surface area contributed by atoms with E-state index in [2.05, 4.69) is 61.8 Å². The molecule has 0 atom stereocenters. The van der Waals surface area contributed by atoms with Crippen LogP contribution in [0.2, 0.25) is 0 Å². The number of nitriles is 2. The molecule has 0 N–H and O–H groups in total. The van der Waals surface area contributed by atoms with Gasteiger partial charge in [-0.15, -0.1) is 0 Å². The summed E-state index contributed by atoms with van der Waals surface area (Å²) in [5.41, 5.74) is 3.89. The predicted molar refractivity (Wildman–Crippen MR) is 85.3 cm³/mol. The van der Waals surface area contributed by atoms with Crippen molar-refractivity contribution in [2.75, 3.05) is 0 Å². The molecule has 0 fully saturated rings. The van der Waals surface area contributed by atoms with Crippen LogP contribution in [-0.2, 0) is 19.3 Å². The van der Waals surface area contributed by atoms with Gasteiger partial charge in [0.1, 0.15) is 6.07 Å². The molecule has 0 heterocycles. The van der Waals surface area contributed by atoms with Crippen LogP contribution in [0.15, 0.2) is 10.5 Å². The molecule has 20 heavy (non-hydrogen) atoms. The van der Waals surface area contributed by atoms with Gasteiger partial charge in [0, 0.05) is 4.47 Å². The van der Waals surface area contributed by atoms with Gasteiger partial charge in [-0.05, 0) is 57.3 Å². The zero-order chi connectivity index (χ0) is 15.3. The Bertz CT molecular complexity index is 560. The summed E-state index contributed by atoms with van der Waals surface area (Å²) in [5.74, 6) is 0.978. The molecule has 0 unspecified atom stereocenters. The minimum absolute atomic E-state index is 0.370. The fourth-order valence-corrected chi connectivity index (χ4v) is 3.01. The Balaban J connectivity index is 3.46. The molecule has 0 radical (unpaired) electrons. The molecule has 0 aromatic heterocycles. The third kappa shape index (κ3) is 4.09. The Morgan fingerprint density at radius 2 is 1.65 bits per heavy atom. The van der Waals surface area contributed by atoms with Crippen molar-refractivity contribution in [1.82, 2.24) is 0 Å². The van der Waals surface area contributed by atoms with Gasteiger partial charge in [-0.2, -0.15) is 10.5 Å². The van der Waals surface area contributed by atoms with E-state index in [0.29, 0.717) is 23.8 Å². The normalized spacial score (nSPS) is 10.7. The summed E-state index contributed by atoms with van der Waals surface area (Å²) in [5, 5.41) is 18.5. The number of nitrogens with zero attached hydrogens (tertiary/aromatic N) is 2. The lowest BCUT2D eigenvalue weighted by Gasteiger charge is -2.17. The first-order valence-corrected chi connectivity index (χ1v) is 7.80. The Kier molecular flexibility index (Phi) is 6.24. The Hall–Kier alpha value is -1.32. The summed E-state index contributed by atoms with van der Waals surface area (Å²) in [6, 6.07) is 6.65. The average Bonchev–Trinajstić information content (AvgIpc) is 2.34. The fraction of sp³-hybridized carbons (Fsp3) is 0.529. The van der Waals surface area contributed by atoms with E-state index in [0.717, 1.165) is 34.0 Å².